The van der Waals surface area contributed by atoms with Crippen LogP contribution >= 0.6 is 0 Å². The van der Waals surface area contributed by atoms with Gasteiger partial charge in [-0.2, -0.15) is 0 Å². The molecule has 0 heterocycles. The van der Waals surface area contributed by atoms with Crippen LogP contribution in [0.2, 0.25) is 0 Å². The van der Waals surface area contributed by atoms with E-state index in [1.54, 1.807) is 0 Å². The second-order valence-electron chi connectivity index (χ2n) is 5.20. The fourth-order valence-corrected chi connectivity index (χ4v) is 2.35. The maximum Gasteiger partial charge on any atom is 0.257 e. The summed E-state index contributed by atoms with van der Waals surface area (Å²) < 4.78 is 0. The highest BCUT2D eigenvalue weighted by Gasteiger charge is 2.10. The molecule has 1 amide bonds. The van der Waals surface area contributed by atoms with Gasteiger partial charge in [-0.3, -0.25) is 4.79 Å². The molecule has 0 radical (unpaired) electrons. The molecule has 114 valence electrons. The minimum absolute atomic E-state index is 0.118. The SMILES string of the molecule is O=C(Nc1ccccc1)c1ccccc1NCc1ccccc1. The summed E-state index contributed by atoms with van der Waals surface area (Å²) in [5, 5.41) is 6.25. The molecule has 0 aliphatic rings. The van der Waals surface area contributed by atoms with Crippen LogP contribution in [0.15, 0.2) is 84.9 Å². The van der Waals surface area contributed by atoms with E-state index >= 15 is 0 Å². The van der Waals surface area contributed by atoms with E-state index in [1.165, 1.54) is 5.56 Å². The van der Waals surface area contributed by atoms with Crippen LogP contribution in [0.1, 0.15) is 15.9 Å². The quantitative estimate of drug-likeness (QED) is 0.726. The lowest BCUT2D eigenvalue weighted by molar-refractivity contribution is 0.102. The summed E-state index contributed by atoms with van der Waals surface area (Å²) in [7, 11) is 0. The number of hydrogen-bond donors (Lipinski definition) is 2. The van der Waals surface area contributed by atoms with Crippen LogP contribution in [-0.2, 0) is 6.54 Å². The average molecular weight is 302 g/mol. The zero-order valence-electron chi connectivity index (χ0n) is 12.7. The van der Waals surface area contributed by atoms with E-state index in [0.717, 1.165) is 11.4 Å². The van der Waals surface area contributed by atoms with Gasteiger partial charge in [0.15, 0.2) is 0 Å². The first-order valence-electron chi connectivity index (χ1n) is 7.56. The average Bonchev–Trinajstić information content (AvgIpc) is 2.62. The third kappa shape index (κ3) is 3.98. The van der Waals surface area contributed by atoms with Crippen molar-refractivity contribution in [2.45, 2.75) is 6.54 Å². The van der Waals surface area contributed by atoms with E-state index in [2.05, 4.69) is 22.8 Å². The zero-order valence-corrected chi connectivity index (χ0v) is 12.7. The molecule has 0 atom stereocenters. The van der Waals surface area contributed by atoms with Crippen molar-refractivity contribution >= 4 is 17.3 Å². The molecule has 0 aromatic heterocycles. The van der Waals surface area contributed by atoms with Crippen molar-refractivity contribution in [2.24, 2.45) is 0 Å². The maximum absolute atomic E-state index is 12.5. The van der Waals surface area contributed by atoms with Crippen molar-refractivity contribution in [1.29, 1.82) is 0 Å². The molecular weight excluding hydrogens is 284 g/mol. The van der Waals surface area contributed by atoms with Crippen molar-refractivity contribution in [3.63, 3.8) is 0 Å². The summed E-state index contributed by atoms with van der Waals surface area (Å²) in [5.74, 6) is -0.118. The van der Waals surface area contributed by atoms with E-state index in [1.807, 2.05) is 72.8 Å². The first-order chi connectivity index (χ1) is 11.3. The molecule has 0 unspecified atom stereocenters. The number of hydrogen-bond acceptors (Lipinski definition) is 2. The van der Waals surface area contributed by atoms with Gasteiger partial charge in [-0.25, -0.2) is 0 Å². The largest absolute Gasteiger partial charge is 0.380 e. The Balaban J connectivity index is 1.73. The maximum atomic E-state index is 12.5. The number of nitrogens with one attached hydrogen (secondary N) is 2. The van der Waals surface area contributed by atoms with Gasteiger partial charge in [0, 0.05) is 17.9 Å². The second kappa shape index (κ2) is 7.27. The lowest BCUT2D eigenvalue weighted by Gasteiger charge is -2.12. The molecule has 23 heavy (non-hydrogen) atoms. The number of rotatable bonds is 5. The molecule has 0 fully saturated rings. The van der Waals surface area contributed by atoms with Crippen LogP contribution < -0.4 is 10.6 Å². The zero-order chi connectivity index (χ0) is 15.9. The van der Waals surface area contributed by atoms with Gasteiger partial charge in [-0.05, 0) is 29.8 Å². The molecule has 0 aliphatic heterocycles. The van der Waals surface area contributed by atoms with Crippen molar-refractivity contribution in [1.82, 2.24) is 0 Å². The Morgan fingerprint density at radius 3 is 2.09 bits per heavy atom. The summed E-state index contributed by atoms with van der Waals surface area (Å²) in [6, 6.07) is 27.1. The van der Waals surface area contributed by atoms with Crippen LogP contribution in [0, 0.1) is 0 Å². The fraction of sp³-hybridized carbons (Fsp3) is 0.0500. The Morgan fingerprint density at radius 1 is 0.739 bits per heavy atom. The van der Waals surface area contributed by atoms with Crippen LogP contribution in [-0.4, -0.2) is 5.91 Å². The number of carbonyl (C=O) groups excluding carboxylic acids is 1. The number of amides is 1. The van der Waals surface area contributed by atoms with E-state index in [-0.39, 0.29) is 5.91 Å². The number of benzene rings is 3. The smallest absolute Gasteiger partial charge is 0.257 e. The Bertz CT molecular complexity index is 770. The van der Waals surface area contributed by atoms with Gasteiger partial charge in [0.1, 0.15) is 0 Å². The monoisotopic (exact) mass is 302 g/mol. The molecule has 3 aromatic rings. The topological polar surface area (TPSA) is 41.1 Å². The van der Waals surface area contributed by atoms with Gasteiger partial charge >= 0.3 is 0 Å². The molecule has 3 rings (SSSR count). The van der Waals surface area contributed by atoms with Crippen LogP contribution in [0.3, 0.4) is 0 Å². The summed E-state index contributed by atoms with van der Waals surface area (Å²) >= 11 is 0. The predicted octanol–water partition coefficient (Wildman–Crippen LogP) is 4.55. The summed E-state index contributed by atoms with van der Waals surface area (Å²) in [6.45, 7) is 0.677. The number of carbonyl (C=O) groups is 1. The fourth-order valence-electron chi connectivity index (χ4n) is 2.35. The molecule has 3 heteroatoms. The molecule has 0 saturated heterocycles. The first-order valence-corrected chi connectivity index (χ1v) is 7.56. The molecule has 3 nitrogen and oxygen atoms in total. The van der Waals surface area contributed by atoms with Crippen molar-refractivity contribution < 1.29 is 4.79 Å². The van der Waals surface area contributed by atoms with E-state index in [0.29, 0.717) is 12.1 Å². The highest BCUT2D eigenvalue weighted by atomic mass is 16.1. The van der Waals surface area contributed by atoms with Crippen LogP contribution in [0.5, 0.6) is 0 Å². The first kappa shape index (κ1) is 14.9. The molecule has 2 N–H and O–H groups in total. The summed E-state index contributed by atoms with van der Waals surface area (Å²) in [5.41, 5.74) is 3.42. The second-order valence-corrected chi connectivity index (χ2v) is 5.20. The normalized spacial score (nSPS) is 10.1. The summed E-state index contributed by atoms with van der Waals surface area (Å²) in [6.07, 6.45) is 0. The Hall–Kier alpha value is -3.07. The third-order valence-corrected chi connectivity index (χ3v) is 3.53. The van der Waals surface area contributed by atoms with Gasteiger partial charge in [0.2, 0.25) is 0 Å². The van der Waals surface area contributed by atoms with Gasteiger partial charge in [0.05, 0.1) is 5.56 Å². The van der Waals surface area contributed by atoms with Crippen molar-refractivity contribution in [3.05, 3.63) is 96.1 Å². The van der Waals surface area contributed by atoms with Crippen LogP contribution in [0.4, 0.5) is 11.4 Å². The van der Waals surface area contributed by atoms with E-state index < -0.39 is 0 Å². The van der Waals surface area contributed by atoms with Gasteiger partial charge in [-0.15, -0.1) is 0 Å². The Labute approximate surface area is 136 Å². The number of anilines is 2. The number of para-hydroxylation sites is 2. The molecule has 0 aliphatic carbocycles. The van der Waals surface area contributed by atoms with Gasteiger partial charge in [0.25, 0.3) is 5.91 Å². The highest BCUT2D eigenvalue weighted by molar-refractivity contribution is 6.08. The highest BCUT2D eigenvalue weighted by Crippen LogP contribution is 2.18. The molecule has 0 saturated carbocycles. The predicted molar refractivity (Wildman–Crippen MR) is 94.6 cm³/mol. The van der Waals surface area contributed by atoms with E-state index in [9.17, 15) is 4.79 Å². The van der Waals surface area contributed by atoms with E-state index in [4.69, 9.17) is 0 Å². The van der Waals surface area contributed by atoms with Crippen LogP contribution in [0.25, 0.3) is 0 Å². The minimum Gasteiger partial charge on any atom is -0.380 e. The van der Waals surface area contributed by atoms with Gasteiger partial charge in [-0.1, -0.05) is 60.7 Å². The summed E-state index contributed by atoms with van der Waals surface area (Å²) in [4.78, 5) is 12.5. The molecular formula is C20H18N2O. The minimum atomic E-state index is -0.118. The van der Waals surface area contributed by atoms with Gasteiger partial charge < -0.3 is 10.6 Å². The van der Waals surface area contributed by atoms with Crippen molar-refractivity contribution in [3.8, 4) is 0 Å². The molecule has 0 spiro atoms. The lowest BCUT2D eigenvalue weighted by Crippen LogP contribution is -2.14. The Morgan fingerprint density at radius 2 is 1.35 bits per heavy atom. The molecule has 3 aromatic carbocycles. The lowest BCUT2D eigenvalue weighted by atomic mass is 10.1. The molecule has 0 bridgehead atoms. The Kier molecular flexibility index (Phi) is 4.69. The standard InChI is InChI=1S/C20H18N2O/c23-20(22-17-11-5-2-6-12-17)18-13-7-8-14-19(18)21-15-16-9-3-1-4-10-16/h1-14,21H,15H2,(H,22,23). The van der Waals surface area contributed by atoms with Crippen molar-refractivity contribution in [2.75, 3.05) is 10.6 Å². The third-order valence-electron chi connectivity index (χ3n) is 3.53.